The van der Waals surface area contributed by atoms with Crippen LogP contribution >= 0.6 is 0 Å². The third kappa shape index (κ3) is 3.52. The summed E-state index contributed by atoms with van der Waals surface area (Å²) in [5.41, 5.74) is 2.39. The number of urea groups is 1. The number of amides is 2. The molecular formula is C17H18N4O4. The molecule has 2 heterocycles. The molecule has 8 heteroatoms. The van der Waals surface area contributed by atoms with Crippen molar-refractivity contribution in [1.29, 1.82) is 0 Å². The number of anilines is 1. The van der Waals surface area contributed by atoms with E-state index in [4.69, 9.17) is 4.74 Å². The summed E-state index contributed by atoms with van der Waals surface area (Å²) >= 11 is 0. The summed E-state index contributed by atoms with van der Waals surface area (Å²) < 4.78 is 5.16. The molecule has 2 N–H and O–H groups in total. The molecule has 2 aromatic rings. The zero-order valence-corrected chi connectivity index (χ0v) is 14.0. The predicted molar refractivity (Wildman–Crippen MR) is 90.6 cm³/mol. The second-order valence-electron chi connectivity index (χ2n) is 5.82. The maximum Gasteiger partial charge on any atom is 0.338 e. The minimum absolute atomic E-state index is 0.140. The van der Waals surface area contributed by atoms with Crippen LogP contribution in [-0.2, 0) is 11.3 Å². The largest absolute Gasteiger partial charge is 0.455 e. The number of ether oxygens (including phenoxy) is 1. The number of nitrogens with zero attached hydrogens (tertiary/aromatic N) is 2. The molecule has 0 spiro atoms. The van der Waals surface area contributed by atoms with E-state index in [9.17, 15) is 14.4 Å². The van der Waals surface area contributed by atoms with Crippen LogP contribution in [0.25, 0.3) is 0 Å². The van der Waals surface area contributed by atoms with Gasteiger partial charge in [-0.2, -0.15) is 5.10 Å². The molecule has 25 heavy (non-hydrogen) atoms. The van der Waals surface area contributed by atoms with E-state index in [-0.39, 0.29) is 23.8 Å². The fourth-order valence-electron chi connectivity index (χ4n) is 2.63. The molecule has 0 unspecified atom stereocenters. The second kappa shape index (κ2) is 6.76. The Kier molecular flexibility index (Phi) is 4.51. The van der Waals surface area contributed by atoms with E-state index in [2.05, 4.69) is 15.5 Å². The van der Waals surface area contributed by atoms with Gasteiger partial charge in [-0.25, -0.2) is 9.59 Å². The highest BCUT2D eigenvalue weighted by molar-refractivity contribution is 5.96. The summed E-state index contributed by atoms with van der Waals surface area (Å²) in [6.45, 7) is 4.52. The molecule has 3 rings (SSSR count). The molecule has 2 amide bonds. The number of benzene rings is 1. The molecule has 0 bridgehead atoms. The molecule has 0 atom stereocenters. The lowest BCUT2D eigenvalue weighted by Gasteiger charge is -2.17. The van der Waals surface area contributed by atoms with E-state index in [1.165, 1.54) is 6.07 Å². The highest BCUT2D eigenvalue weighted by Crippen LogP contribution is 2.23. The zero-order chi connectivity index (χ0) is 18.0. The van der Waals surface area contributed by atoms with Crippen LogP contribution in [0.3, 0.4) is 0 Å². The quantitative estimate of drug-likeness (QED) is 0.814. The van der Waals surface area contributed by atoms with Crippen LogP contribution < -0.4 is 15.6 Å². The zero-order valence-electron chi connectivity index (χ0n) is 14.0. The van der Waals surface area contributed by atoms with Crippen molar-refractivity contribution in [2.45, 2.75) is 20.5 Å². The Hall–Kier alpha value is -3.16. The Balaban J connectivity index is 1.71. The summed E-state index contributed by atoms with van der Waals surface area (Å²) in [4.78, 5) is 37.3. The average Bonchev–Trinajstić information content (AvgIpc) is 2.99. The van der Waals surface area contributed by atoms with Crippen molar-refractivity contribution < 1.29 is 14.3 Å². The monoisotopic (exact) mass is 342 g/mol. The number of carbonyl (C=O) groups excluding carboxylic acids is 2. The number of aromatic amines is 1. The Morgan fingerprint density at radius 2 is 2.08 bits per heavy atom. The van der Waals surface area contributed by atoms with Crippen molar-refractivity contribution in [3.05, 3.63) is 57.0 Å². The van der Waals surface area contributed by atoms with E-state index in [1.54, 1.807) is 30.0 Å². The molecule has 1 aliphatic heterocycles. The Bertz CT molecular complexity index is 890. The van der Waals surface area contributed by atoms with Crippen molar-refractivity contribution >= 4 is 17.7 Å². The molecule has 1 aromatic carbocycles. The third-order valence-electron chi connectivity index (χ3n) is 3.92. The molecule has 0 aliphatic carbocycles. The van der Waals surface area contributed by atoms with Gasteiger partial charge in [-0.1, -0.05) is 0 Å². The minimum atomic E-state index is -0.553. The van der Waals surface area contributed by atoms with Crippen LogP contribution in [0.5, 0.6) is 0 Å². The molecule has 8 nitrogen and oxygen atoms in total. The summed E-state index contributed by atoms with van der Waals surface area (Å²) in [6.07, 6.45) is 0. The molecule has 0 radical (unpaired) electrons. The minimum Gasteiger partial charge on any atom is -0.455 e. The van der Waals surface area contributed by atoms with Crippen molar-refractivity contribution in [3.8, 4) is 0 Å². The summed E-state index contributed by atoms with van der Waals surface area (Å²) in [7, 11) is 0. The van der Waals surface area contributed by atoms with Crippen molar-refractivity contribution in [2.24, 2.45) is 0 Å². The van der Waals surface area contributed by atoms with Crippen molar-refractivity contribution in [3.63, 3.8) is 0 Å². The van der Waals surface area contributed by atoms with Crippen LogP contribution in [0.4, 0.5) is 10.5 Å². The molecule has 1 saturated heterocycles. The lowest BCUT2D eigenvalue weighted by Crippen LogP contribution is -2.28. The molecule has 130 valence electrons. The highest BCUT2D eigenvalue weighted by atomic mass is 16.5. The van der Waals surface area contributed by atoms with Crippen LogP contribution in [0.1, 0.15) is 27.3 Å². The molecular weight excluding hydrogens is 324 g/mol. The predicted octanol–water partition coefficient (Wildman–Crippen LogP) is 1.27. The lowest BCUT2D eigenvalue weighted by molar-refractivity contribution is 0.0465. The lowest BCUT2D eigenvalue weighted by atomic mass is 10.1. The number of hydrogen-bond acceptors (Lipinski definition) is 5. The van der Waals surface area contributed by atoms with Crippen LogP contribution in [-0.4, -0.2) is 35.3 Å². The van der Waals surface area contributed by atoms with Crippen LogP contribution in [0.15, 0.2) is 29.1 Å². The maximum absolute atomic E-state index is 12.2. The SMILES string of the molecule is Cc1cc(=O)c(COC(=O)c2ccc(N3CCNC3=O)c(C)c2)n[nH]1. The van der Waals surface area contributed by atoms with Gasteiger partial charge in [-0.3, -0.25) is 14.8 Å². The van der Waals surface area contributed by atoms with Crippen molar-refractivity contribution in [2.75, 3.05) is 18.0 Å². The number of carbonyl (C=O) groups is 2. The standard InChI is InChI=1S/C17H18N4O4/c1-10-7-12(3-4-14(10)21-6-5-18-17(21)24)16(23)25-9-13-15(22)8-11(2)19-20-13/h3-4,7-8H,5-6,9H2,1-2H3,(H,18,24)(H,19,22). The van der Waals surface area contributed by atoms with E-state index in [1.807, 2.05) is 6.92 Å². The van der Waals surface area contributed by atoms with Gasteiger partial charge in [0.25, 0.3) is 0 Å². The molecule has 0 saturated carbocycles. The highest BCUT2D eigenvalue weighted by Gasteiger charge is 2.23. The molecule has 1 aliphatic rings. The van der Waals surface area contributed by atoms with Gasteiger partial charge >= 0.3 is 12.0 Å². The normalized spacial score (nSPS) is 13.7. The number of rotatable bonds is 4. The number of aromatic nitrogens is 2. The topological polar surface area (TPSA) is 104 Å². The number of H-pyrrole nitrogens is 1. The first kappa shape index (κ1) is 16.7. The number of esters is 1. The Morgan fingerprint density at radius 3 is 2.72 bits per heavy atom. The number of hydrogen-bond donors (Lipinski definition) is 2. The van der Waals surface area contributed by atoms with Crippen LogP contribution in [0.2, 0.25) is 0 Å². The van der Waals surface area contributed by atoms with E-state index >= 15 is 0 Å². The Morgan fingerprint density at radius 1 is 1.28 bits per heavy atom. The fourth-order valence-corrected chi connectivity index (χ4v) is 2.63. The molecule has 1 aromatic heterocycles. The third-order valence-corrected chi connectivity index (χ3v) is 3.92. The number of aryl methyl sites for hydroxylation is 2. The van der Waals surface area contributed by atoms with E-state index in [0.717, 1.165) is 11.3 Å². The second-order valence-corrected chi connectivity index (χ2v) is 5.82. The van der Waals surface area contributed by atoms with Gasteiger partial charge < -0.3 is 10.1 Å². The summed E-state index contributed by atoms with van der Waals surface area (Å²) in [6, 6.07) is 6.23. The van der Waals surface area contributed by atoms with E-state index < -0.39 is 5.97 Å². The first-order valence-electron chi connectivity index (χ1n) is 7.84. The van der Waals surface area contributed by atoms with Gasteiger partial charge in [0.05, 0.1) is 5.56 Å². The van der Waals surface area contributed by atoms with Gasteiger partial charge in [0, 0.05) is 30.5 Å². The van der Waals surface area contributed by atoms with Gasteiger partial charge in [0.15, 0.2) is 0 Å². The van der Waals surface area contributed by atoms with Crippen molar-refractivity contribution in [1.82, 2.24) is 15.5 Å². The Labute approximate surface area is 143 Å². The fraction of sp³-hybridized carbons (Fsp3) is 0.294. The first-order valence-corrected chi connectivity index (χ1v) is 7.84. The summed E-state index contributed by atoms with van der Waals surface area (Å²) in [5, 5.41) is 9.28. The summed E-state index contributed by atoms with van der Waals surface area (Å²) in [5.74, 6) is -0.553. The first-order chi connectivity index (χ1) is 12.0. The van der Waals surface area contributed by atoms with E-state index in [0.29, 0.717) is 24.3 Å². The number of nitrogens with one attached hydrogen (secondary N) is 2. The van der Waals surface area contributed by atoms with Gasteiger partial charge in [0.1, 0.15) is 12.3 Å². The smallest absolute Gasteiger partial charge is 0.338 e. The maximum atomic E-state index is 12.2. The van der Waals surface area contributed by atoms with Gasteiger partial charge in [-0.05, 0) is 37.6 Å². The van der Waals surface area contributed by atoms with Gasteiger partial charge in [0.2, 0.25) is 5.43 Å². The van der Waals surface area contributed by atoms with Gasteiger partial charge in [-0.15, -0.1) is 0 Å². The van der Waals surface area contributed by atoms with Crippen LogP contribution in [0, 0.1) is 13.8 Å². The average molecular weight is 342 g/mol. The molecule has 1 fully saturated rings.